The fourth-order valence-corrected chi connectivity index (χ4v) is 7.10. The molecule has 6 heteroatoms. The zero-order valence-corrected chi connectivity index (χ0v) is 29.8. The Bertz CT molecular complexity index is 2430. The molecular weight excluding hydrogens is 661 g/mol. The van der Waals surface area contributed by atoms with Crippen molar-refractivity contribution >= 4 is 22.8 Å². The van der Waals surface area contributed by atoms with Crippen molar-refractivity contribution in [2.45, 2.75) is 31.8 Å². The summed E-state index contributed by atoms with van der Waals surface area (Å²) < 4.78 is 0. The molecule has 2 aliphatic carbocycles. The summed E-state index contributed by atoms with van der Waals surface area (Å²) in [6.45, 7) is 0. The first-order valence-corrected chi connectivity index (χ1v) is 18.6. The van der Waals surface area contributed by atoms with Gasteiger partial charge in [0.2, 0.25) is 0 Å². The zero-order chi connectivity index (χ0) is 36.1. The van der Waals surface area contributed by atoms with Crippen LogP contribution in [0.15, 0.2) is 185 Å². The maximum atomic E-state index is 5.15. The smallest absolute Gasteiger partial charge is 0.169 e. The van der Waals surface area contributed by atoms with Gasteiger partial charge in [0, 0.05) is 27.8 Å². The molecule has 0 fully saturated rings. The van der Waals surface area contributed by atoms with Crippen molar-refractivity contribution in [3.05, 3.63) is 198 Å². The molecule has 1 N–H and O–H groups in total. The van der Waals surface area contributed by atoms with E-state index in [0.717, 1.165) is 81.9 Å². The number of hydrogen-bond acceptors (Lipinski definition) is 6. The Kier molecular flexibility index (Phi) is 9.22. The van der Waals surface area contributed by atoms with Gasteiger partial charge < -0.3 is 5.32 Å². The van der Waals surface area contributed by atoms with Gasteiger partial charge in [0.1, 0.15) is 11.7 Å². The molecule has 1 unspecified atom stereocenters. The van der Waals surface area contributed by atoms with Crippen LogP contribution in [-0.4, -0.2) is 26.6 Å². The van der Waals surface area contributed by atoms with Gasteiger partial charge in [0.05, 0.1) is 0 Å². The lowest BCUT2D eigenvalue weighted by molar-refractivity contribution is 0.755. The van der Waals surface area contributed by atoms with Crippen molar-refractivity contribution in [2.24, 2.45) is 9.98 Å². The van der Waals surface area contributed by atoms with E-state index in [9.17, 15) is 0 Å². The molecule has 0 amide bonds. The van der Waals surface area contributed by atoms with Crippen LogP contribution in [0.4, 0.5) is 0 Å². The number of amidine groups is 2. The summed E-state index contributed by atoms with van der Waals surface area (Å²) in [5.74, 6) is 3.64. The molecule has 260 valence electrons. The van der Waals surface area contributed by atoms with Gasteiger partial charge in [-0.25, -0.2) is 24.9 Å². The molecule has 54 heavy (non-hydrogen) atoms. The number of allylic oxidation sites excluding steroid dienone is 6. The molecule has 0 bridgehead atoms. The van der Waals surface area contributed by atoms with Gasteiger partial charge in [-0.05, 0) is 59.6 Å². The van der Waals surface area contributed by atoms with Crippen molar-refractivity contribution in [2.75, 3.05) is 0 Å². The van der Waals surface area contributed by atoms with Gasteiger partial charge in [-0.15, -0.1) is 0 Å². The molecule has 9 rings (SSSR count). The van der Waals surface area contributed by atoms with E-state index in [4.69, 9.17) is 24.9 Å². The van der Waals surface area contributed by atoms with E-state index >= 15 is 0 Å². The lowest BCUT2D eigenvalue weighted by atomic mass is 9.86. The van der Waals surface area contributed by atoms with Crippen molar-refractivity contribution < 1.29 is 0 Å². The number of aliphatic imine (C=N–C) groups is 2. The summed E-state index contributed by atoms with van der Waals surface area (Å²) in [4.78, 5) is 25.0. The lowest BCUT2D eigenvalue weighted by Gasteiger charge is -2.24. The maximum absolute atomic E-state index is 5.15. The highest BCUT2D eigenvalue weighted by Gasteiger charge is 2.23. The van der Waals surface area contributed by atoms with E-state index in [2.05, 4.69) is 96.4 Å². The summed E-state index contributed by atoms with van der Waals surface area (Å²) in [5, 5.41) is 3.53. The zero-order valence-electron chi connectivity index (χ0n) is 29.8. The monoisotopic (exact) mass is 698 g/mol. The summed E-state index contributed by atoms with van der Waals surface area (Å²) in [5.41, 5.74) is 10.8. The first-order valence-electron chi connectivity index (χ1n) is 18.6. The Labute approximate surface area is 315 Å². The SMILES string of the molecule is C1=CC(C2=NC(c3cccc(C4=CCCC=C4c4ccc(-c5nc(-c6ccccc6)nc(-c6ccccc6)n5)cc4)c3)N=C(c3ccccc3)N2)=CCC1. The predicted octanol–water partition coefficient (Wildman–Crippen LogP) is 10.9. The maximum Gasteiger partial charge on any atom is 0.169 e. The van der Waals surface area contributed by atoms with Crippen LogP contribution in [-0.2, 0) is 0 Å². The summed E-state index contributed by atoms with van der Waals surface area (Å²) in [6, 6.07) is 47.8. The molecule has 2 heterocycles. The fourth-order valence-electron chi connectivity index (χ4n) is 7.10. The van der Waals surface area contributed by atoms with Gasteiger partial charge in [-0.2, -0.15) is 0 Å². The standard InChI is InChI=1S/C48H38N6/c1-5-16-34(17-6-1)43-49-44(35-18-7-2-8-19-35)52-47(51-43)38-30-28-33(29-31-38)41-26-13-14-27-42(41)39-24-15-25-40(32-39)48-53-45(36-20-9-3-10-21-36)50-46(54-48)37-22-11-4-12-23-37/h1-3,5-11,15-32,48H,4,12-14H2,(H,50,53,54). The molecule has 0 saturated heterocycles. The molecular formula is C48H38N6. The Balaban J connectivity index is 1.03. The molecule has 6 nitrogen and oxygen atoms in total. The Morgan fingerprint density at radius 1 is 0.426 bits per heavy atom. The van der Waals surface area contributed by atoms with Crippen molar-refractivity contribution in [1.82, 2.24) is 20.3 Å². The van der Waals surface area contributed by atoms with Crippen LogP contribution in [0.25, 0.3) is 45.3 Å². The van der Waals surface area contributed by atoms with Gasteiger partial charge in [-0.3, -0.25) is 0 Å². The summed E-state index contributed by atoms with van der Waals surface area (Å²) in [6.07, 6.45) is 15.0. The molecule has 0 saturated carbocycles. The van der Waals surface area contributed by atoms with Crippen LogP contribution in [0.3, 0.4) is 0 Å². The second-order valence-corrected chi connectivity index (χ2v) is 13.5. The van der Waals surface area contributed by atoms with Crippen LogP contribution in [0.5, 0.6) is 0 Å². The van der Waals surface area contributed by atoms with Crippen LogP contribution in [0.2, 0.25) is 0 Å². The van der Waals surface area contributed by atoms with E-state index in [-0.39, 0.29) is 6.17 Å². The van der Waals surface area contributed by atoms with E-state index in [0.29, 0.717) is 17.5 Å². The highest BCUT2D eigenvalue weighted by Crippen LogP contribution is 2.38. The Hall–Kier alpha value is -6.79. The number of hydrogen-bond donors (Lipinski definition) is 1. The topological polar surface area (TPSA) is 75.4 Å². The number of rotatable bonds is 8. The fraction of sp³-hybridized carbons (Fsp3) is 0.104. The third kappa shape index (κ3) is 7.02. The molecule has 0 spiro atoms. The average molecular weight is 699 g/mol. The molecule has 1 atom stereocenters. The third-order valence-electron chi connectivity index (χ3n) is 9.86. The molecule has 0 radical (unpaired) electrons. The highest BCUT2D eigenvalue weighted by molar-refractivity contribution is 6.16. The molecule has 5 aromatic carbocycles. The second kappa shape index (κ2) is 15.1. The first-order chi connectivity index (χ1) is 26.7. The largest absolute Gasteiger partial charge is 0.324 e. The van der Waals surface area contributed by atoms with Gasteiger partial charge in [0.15, 0.2) is 23.6 Å². The average Bonchev–Trinajstić information content (AvgIpc) is 3.27. The minimum atomic E-state index is -0.370. The van der Waals surface area contributed by atoms with Crippen LogP contribution in [0, 0.1) is 0 Å². The van der Waals surface area contributed by atoms with E-state index in [1.54, 1.807) is 0 Å². The number of nitrogens with one attached hydrogen (secondary N) is 1. The Morgan fingerprint density at radius 2 is 0.926 bits per heavy atom. The van der Waals surface area contributed by atoms with E-state index < -0.39 is 0 Å². The molecule has 6 aromatic rings. The van der Waals surface area contributed by atoms with Crippen LogP contribution >= 0.6 is 0 Å². The normalized spacial score (nSPS) is 16.7. The Morgan fingerprint density at radius 3 is 1.52 bits per heavy atom. The van der Waals surface area contributed by atoms with E-state index in [1.165, 1.54) is 11.1 Å². The minimum absolute atomic E-state index is 0.370. The number of benzene rings is 5. The van der Waals surface area contributed by atoms with Crippen molar-refractivity contribution in [3.63, 3.8) is 0 Å². The van der Waals surface area contributed by atoms with Gasteiger partial charge in [0.25, 0.3) is 0 Å². The molecule has 1 aliphatic heterocycles. The van der Waals surface area contributed by atoms with Crippen molar-refractivity contribution in [1.29, 1.82) is 0 Å². The quantitative estimate of drug-likeness (QED) is 0.172. The third-order valence-corrected chi connectivity index (χ3v) is 9.86. The second-order valence-electron chi connectivity index (χ2n) is 13.5. The van der Waals surface area contributed by atoms with Crippen molar-refractivity contribution in [3.8, 4) is 34.2 Å². The predicted molar refractivity (Wildman–Crippen MR) is 221 cm³/mol. The molecule has 3 aliphatic rings. The molecule has 1 aromatic heterocycles. The van der Waals surface area contributed by atoms with Crippen LogP contribution in [0.1, 0.15) is 54.1 Å². The van der Waals surface area contributed by atoms with E-state index in [1.807, 2.05) is 78.9 Å². The number of nitrogens with zero attached hydrogens (tertiary/aromatic N) is 5. The van der Waals surface area contributed by atoms with Gasteiger partial charge >= 0.3 is 0 Å². The summed E-state index contributed by atoms with van der Waals surface area (Å²) >= 11 is 0. The number of aromatic nitrogens is 3. The van der Waals surface area contributed by atoms with Crippen LogP contribution < -0.4 is 5.32 Å². The van der Waals surface area contributed by atoms with Gasteiger partial charge in [-0.1, -0.05) is 164 Å². The summed E-state index contributed by atoms with van der Waals surface area (Å²) in [7, 11) is 0. The minimum Gasteiger partial charge on any atom is -0.324 e. The lowest BCUT2D eigenvalue weighted by Crippen LogP contribution is -2.36. The highest BCUT2D eigenvalue weighted by atomic mass is 15.2. The first kappa shape index (κ1) is 33.1.